The molecule has 1 aromatic carbocycles. The average molecular weight is 457 g/mol. The van der Waals surface area contributed by atoms with E-state index in [2.05, 4.69) is 10.1 Å². The molecule has 4 rings (SSSR count). The minimum atomic E-state index is -4.89. The molecule has 172 valence electrons. The molecule has 0 spiro atoms. The molecule has 0 amide bonds. The van der Waals surface area contributed by atoms with Gasteiger partial charge in [0.2, 0.25) is 0 Å². The summed E-state index contributed by atoms with van der Waals surface area (Å²) in [5.74, 6) is -1.26. The molecule has 3 N–H and O–H groups in total. The molecule has 5 atom stereocenters. The van der Waals surface area contributed by atoms with Gasteiger partial charge in [0, 0.05) is 30.1 Å². The quantitative estimate of drug-likeness (QED) is 0.480. The van der Waals surface area contributed by atoms with Gasteiger partial charge in [0.1, 0.15) is 37.3 Å². The Morgan fingerprint density at radius 1 is 1.25 bits per heavy atom. The summed E-state index contributed by atoms with van der Waals surface area (Å²) >= 11 is 0. The predicted molar refractivity (Wildman–Crippen MR) is 102 cm³/mol. The van der Waals surface area contributed by atoms with Gasteiger partial charge in [-0.05, 0) is 23.8 Å². The van der Waals surface area contributed by atoms with E-state index in [1.165, 1.54) is 7.11 Å². The van der Waals surface area contributed by atoms with Crippen LogP contribution in [0.15, 0.2) is 40.6 Å². The SMILES string of the molecule is CO/N=C1/N=CCc2c1ccn2[C@@H]1O[C@H]([C@H](O)c2ccc(C(F)(F)F)c(F)c2)[C@@H](O)[C@H]1O. The van der Waals surface area contributed by atoms with Crippen LogP contribution in [0.2, 0.25) is 0 Å². The Bertz CT molecular complexity index is 1070. The number of nitrogens with zero attached hydrogens (tertiary/aromatic N) is 3. The Hall–Kier alpha value is -2.80. The zero-order chi connectivity index (χ0) is 23.2. The van der Waals surface area contributed by atoms with Gasteiger partial charge >= 0.3 is 6.18 Å². The van der Waals surface area contributed by atoms with Crippen LogP contribution in [0.25, 0.3) is 0 Å². The van der Waals surface area contributed by atoms with Crippen LogP contribution in [0, 0.1) is 5.82 Å². The second kappa shape index (κ2) is 8.28. The van der Waals surface area contributed by atoms with Crippen molar-refractivity contribution in [3.05, 3.63) is 58.7 Å². The molecule has 0 aliphatic carbocycles. The molecule has 2 aromatic rings. The molecule has 32 heavy (non-hydrogen) atoms. The smallest absolute Gasteiger partial charge is 0.397 e. The molecule has 3 heterocycles. The van der Waals surface area contributed by atoms with Crippen molar-refractivity contribution >= 4 is 12.1 Å². The lowest BCUT2D eigenvalue weighted by atomic mass is 9.98. The first kappa shape index (κ1) is 22.4. The first-order chi connectivity index (χ1) is 15.1. The van der Waals surface area contributed by atoms with Crippen molar-refractivity contribution in [1.82, 2.24) is 4.57 Å². The van der Waals surface area contributed by atoms with E-state index >= 15 is 0 Å². The maximum atomic E-state index is 13.9. The molecular formula is C20H19F4N3O5. The van der Waals surface area contributed by atoms with Gasteiger partial charge in [-0.15, -0.1) is 0 Å². The summed E-state index contributed by atoms with van der Waals surface area (Å²) in [6.07, 6.45) is -8.68. The van der Waals surface area contributed by atoms with Crippen molar-refractivity contribution in [3.8, 4) is 0 Å². The number of alkyl halides is 3. The van der Waals surface area contributed by atoms with Gasteiger partial charge in [-0.2, -0.15) is 13.2 Å². The Labute approximate surface area is 179 Å². The van der Waals surface area contributed by atoms with E-state index < -0.39 is 48.2 Å². The summed E-state index contributed by atoms with van der Waals surface area (Å²) in [5.41, 5.74) is -0.437. The summed E-state index contributed by atoms with van der Waals surface area (Å²) in [6, 6.07) is 3.60. The van der Waals surface area contributed by atoms with Crippen LogP contribution >= 0.6 is 0 Å². The van der Waals surface area contributed by atoms with Gasteiger partial charge in [0.15, 0.2) is 12.1 Å². The number of aliphatic hydroxyl groups excluding tert-OH is 3. The van der Waals surface area contributed by atoms with E-state index in [0.717, 1.165) is 6.07 Å². The monoisotopic (exact) mass is 457 g/mol. The number of amidine groups is 1. The van der Waals surface area contributed by atoms with Crippen LogP contribution in [-0.4, -0.2) is 57.4 Å². The highest BCUT2D eigenvalue weighted by Gasteiger charge is 2.48. The number of aromatic nitrogens is 1. The van der Waals surface area contributed by atoms with Crippen molar-refractivity contribution in [2.45, 2.75) is 43.2 Å². The second-order valence-electron chi connectivity index (χ2n) is 7.35. The molecule has 0 saturated carbocycles. The number of hydrogen-bond acceptors (Lipinski definition) is 6. The molecule has 1 aromatic heterocycles. The number of ether oxygens (including phenoxy) is 1. The van der Waals surface area contributed by atoms with Crippen LogP contribution in [-0.2, 0) is 22.2 Å². The number of aliphatic imine (C=N–C) groups is 1. The van der Waals surface area contributed by atoms with Crippen molar-refractivity contribution in [2.75, 3.05) is 7.11 Å². The Balaban J connectivity index is 1.60. The lowest BCUT2D eigenvalue weighted by molar-refractivity contribution is -0.140. The third-order valence-electron chi connectivity index (χ3n) is 5.44. The average Bonchev–Trinajstić information content (AvgIpc) is 3.29. The van der Waals surface area contributed by atoms with Gasteiger partial charge in [0.05, 0.1) is 5.56 Å². The van der Waals surface area contributed by atoms with Gasteiger partial charge < -0.3 is 29.5 Å². The maximum Gasteiger partial charge on any atom is 0.419 e. The van der Waals surface area contributed by atoms with E-state index in [1.807, 2.05) is 0 Å². The zero-order valence-electron chi connectivity index (χ0n) is 16.6. The van der Waals surface area contributed by atoms with Crippen molar-refractivity contribution in [2.24, 2.45) is 10.1 Å². The van der Waals surface area contributed by atoms with E-state index in [0.29, 0.717) is 35.6 Å². The van der Waals surface area contributed by atoms with Gasteiger partial charge in [-0.25, -0.2) is 9.38 Å². The topological polar surface area (TPSA) is 109 Å². The highest BCUT2D eigenvalue weighted by atomic mass is 19.4. The molecule has 1 fully saturated rings. The number of halogens is 4. The van der Waals surface area contributed by atoms with Crippen LogP contribution in [0.5, 0.6) is 0 Å². The Morgan fingerprint density at radius 3 is 2.66 bits per heavy atom. The number of rotatable bonds is 4. The first-order valence-electron chi connectivity index (χ1n) is 9.53. The number of fused-ring (bicyclic) bond motifs is 1. The summed E-state index contributed by atoms with van der Waals surface area (Å²) in [7, 11) is 1.37. The Kier molecular flexibility index (Phi) is 5.79. The summed E-state index contributed by atoms with van der Waals surface area (Å²) < 4.78 is 59.5. The summed E-state index contributed by atoms with van der Waals surface area (Å²) in [5, 5.41) is 35.4. The lowest BCUT2D eigenvalue weighted by Gasteiger charge is -2.23. The largest absolute Gasteiger partial charge is 0.419 e. The van der Waals surface area contributed by atoms with E-state index in [4.69, 9.17) is 9.57 Å². The normalized spacial score (nSPS) is 27.6. The third-order valence-corrected chi connectivity index (χ3v) is 5.44. The number of benzene rings is 1. The van der Waals surface area contributed by atoms with Crippen molar-refractivity contribution in [1.29, 1.82) is 0 Å². The Morgan fingerprint density at radius 2 is 2.00 bits per heavy atom. The molecule has 12 heteroatoms. The third kappa shape index (κ3) is 3.79. The predicted octanol–water partition coefficient (Wildman–Crippen LogP) is 1.93. The number of hydrogen-bond donors (Lipinski definition) is 3. The fraction of sp³-hybridized carbons (Fsp3) is 0.400. The molecular weight excluding hydrogens is 438 g/mol. The van der Waals surface area contributed by atoms with E-state index in [9.17, 15) is 32.9 Å². The maximum absolute atomic E-state index is 13.9. The minimum absolute atomic E-state index is 0.233. The fourth-order valence-electron chi connectivity index (χ4n) is 3.90. The van der Waals surface area contributed by atoms with Crippen LogP contribution in [0.1, 0.15) is 34.7 Å². The molecule has 2 aliphatic heterocycles. The molecule has 2 aliphatic rings. The van der Waals surface area contributed by atoms with Crippen molar-refractivity contribution in [3.63, 3.8) is 0 Å². The molecule has 1 saturated heterocycles. The highest BCUT2D eigenvalue weighted by molar-refractivity contribution is 6.06. The van der Waals surface area contributed by atoms with E-state index in [1.54, 1.807) is 23.0 Å². The zero-order valence-corrected chi connectivity index (χ0v) is 16.6. The van der Waals surface area contributed by atoms with Gasteiger partial charge in [-0.1, -0.05) is 11.2 Å². The lowest BCUT2D eigenvalue weighted by Crippen LogP contribution is -2.35. The van der Waals surface area contributed by atoms with Gasteiger partial charge in [0.25, 0.3) is 0 Å². The van der Waals surface area contributed by atoms with Gasteiger partial charge in [-0.3, -0.25) is 0 Å². The molecule has 8 nitrogen and oxygen atoms in total. The first-order valence-corrected chi connectivity index (χ1v) is 9.53. The summed E-state index contributed by atoms with van der Waals surface area (Å²) in [4.78, 5) is 8.89. The van der Waals surface area contributed by atoms with E-state index in [-0.39, 0.29) is 5.56 Å². The van der Waals surface area contributed by atoms with Crippen LogP contribution < -0.4 is 0 Å². The second-order valence-corrected chi connectivity index (χ2v) is 7.35. The fourth-order valence-corrected chi connectivity index (χ4v) is 3.90. The number of aliphatic hydroxyl groups is 3. The molecule has 0 unspecified atom stereocenters. The van der Waals surface area contributed by atoms with Crippen LogP contribution in [0.3, 0.4) is 0 Å². The summed E-state index contributed by atoms with van der Waals surface area (Å²) in [6.45, 7) is 0. The molecule has 0 bridgehead atoms. The molecule has 0 radical (unpaired) electrons. The highest BCUT2D eigenvalue weighted by Crippen LogP contribution is 2.39. The standard InChI is InChI=1S/C20H19F4N3O5/c1-31-26-18-10-5-7-27(13(10)4-6-25-18)19-16(30)15(29)17(32-19)14(28)9-2-3-11(12(21)8-9)20(22,23)24/h2-3,5-8,14-17,19,28-30H,4H2,1H3/b26-18+/t14-,15+,16-,17-,19-/m1/s1. The van der Waals surface area contributed by atoms with Crippen LogP contribution in [0.4, 0.5) is 17.6 Å². The minimum Gasteiger partial charge on any atom is -0.397 e. The number of oxime groups is 1. The van der Waals surface area contributed by atoms with Crippen molar-refractivity contribution < 1.29 is 42.5 Å².